The number of rotatable bonds is 7. The predicted octanol–water partition coefficient (Wildman–Crippen LogP) is 7.12. The van der Waals surface area contributed by atoms with E-state index in [2.05, 4.69) is 27.6 Å². The van der Waals surface area contributed by atoms with Crippen LogP contribution < -0.4 is 9.47 Å². The third kappa shape index (κ3) is 5.93. The van der Waals surface area contributed by atoms with Gasteiger partial charge in [0.25, 0.3) is 0 Å². The lowest BCUT2D eigenvalue weighted by molar-refractivity contribution is 0.267. The quantitative estimate of drug-likeness (QED) is 0.244. The van der Waals surface area contributed by atoms with Gasteiger partial charge in [-0.1, -0.05) is 29.8 Å². The lowest BCUT2D eigenvalue weighted by Crippen LogP contribution is -2.02. The molecule has 0 aromatic heterocycles. The first kappa shape index (κ1) is 21.6. The van der Waals surface area contributed by atoms with Gasteiger partial charge in [0.05, 0.1) is 15.9 Å². The van der Waals surface area contributed by atoms with Gasteiger partial charge in [-0.15, -0.1) is 0 Å². The Labute approximate surface area is 188 Å². The summed E-state index contributed by atoms with van der Waals surface area (Å²) in [5.74, 6) is 0.974. The molecule has 0 spiro atoms. The van der Waals surface area contributed by atoms with Gasteiger partial charge >= 0.3 is 0 Å². The van der Waals surface area contributed by atoms with E-state index >= 15 is 0 Å². The Morgan fingerprint density at radius 3 is 2.69 bits per heavy atom. The van der Waals surface area contributed by atoms with Crippen LogP contribution in [0.4, 0.5) is 10.1 Å². The molecule has 0 amide bonds. The molecule has 3 rings (SSSR count). The van der Waals surface area contributed by atoms with E-state index in [-0.39, 0.29) is 12.4 Å². The van der Waals surface area contributed by atoms with Gasteiger partial charge < -0.3 is 9.47 Å². The Hall–Kier alpha value is -2.12. The van der Waals surface area contributed by atoms with Crippen LogP contribution in [0, 0.1) is 16.3 Å². The number of hydrogen-bond donors (Lipinski definition) is 0. The number of nitrogens with zero attached hydrogens (tertiary/aromatic N) is 1. The van der Waals surface area contributed by atoms with Gasteiger partial charge in [0.1, 0.15) is 12.4 Å². The molecule has 0 radical (unpaired) electrons. The maximum Gasteiger partial charge on any atom is 0.175 e. The van der Waals surface area contributed by atoms with Gasteiger partial charge in [-0.25, -0.2) is 4.39 Å². The first-order valence-corrected chi connectivity index (χ1v) is 10.6. The number of halogens is 3. The largest absolute Gasteiger partial charge is 0.490 e. The molecular weight excluding hydrogens is 504 g/mol. The van der Waals surface area contributed by atoms with E-state index in [1.807, 2.05) is 50.2 Å². The number of ether oxygens (including phenoxy) is 2. The third-order valence-electron chi connectivity index (χ3n) is 4.13. The number of benzene rings is 3. The number of aryl methyl sites for hydroxylation is 1. The highest BCUT2D eigenvalue weighted by molar-refractivity contribution is 14.1. The molecule has 0 atom stereocenters. The molecule has 29 heavy (non-hydrogen) atoms. The molecular formula is C23H20ClFINO2. The molecule has 3 aromatic rings. The zero-order valence-electron chi connectivity index (χ0n) is 16.1. The van der Waals surface area contributed by atoms with Crippen LogP contribution in [0.5, 0.6) is 11.5 Å². The second-order valence-electron chi connectivity index (χ2n) is 6.37. The zero-order valence-corrected chi connectivity index (χ0v) is 19.0. The highest BCUT2D eigenvalue weighted by Crippen LogP contribution is 2.35. The minimum atomic E-state index is -0.284. The van der Waals surface area contributed by atoms with E-state index in [0.29, 0.717) is 23.1 Å². The van der Waals surface area contributed by atoms with Crippen LogP contribution in [0.3, 0.4) is 0 Å². The van der Waals surface area contributed by atoms with Gasteiger partial charge in [0.15, 0.2) is 11.5 Å². The standard InChI is InChI=1S/C23H20ClFINO2/c1-3-28-22-11-17(13-27-21-12-18(24)8-7-15(21)2)10-20(26)23(22)29-14-16-5-4-6-19(25)9-16/h4-13H,3,14H2,1-2H3. The summed E-state index contributed by atoms with van der Waals surface area (Å²) in [5.41, 5.74) is 3.50. The van der Waals surface area contributed by atoms with Crippen molar-refractivity contribution in [3.05, 3.63) is 85.7 Å². The Kier molecular flexibility index (Phi) is 7.50. The minimum absolute atomic E-state index is 0.253. The summed E-state index contributed by atoms with van der Waals surface area (Å²) in [5, 5.41) is 0.647. The molecule has 150 valence electrons. The molecule has 0 fully saturated rings. The maximum absolute atomic E-state index is 13.4. The smallest absolute Gasteiger partial charge is 0.175 e. The lowest BCUT2D eigenvalue weighted by Gasteiger charge is -2.15. The topological polar surface area (TPSA) is 30.8 Å². The van der Waals surface area contributed by atoms with Crippen molar-refractivity contribution in [3.63, 3.8) is 0 Å². The van der Waals surface area contributed by atoms with Crippen LogP contribution in [0.25, 0.3) is 0 Å². The van der Waals surface area contributed by atoms with Crippen molar-refractivity contribution < 1.29 is 13.9 Å². The van der Waals surface area contributed by atoms with Gasteiger partial charge in [-0.3, -0.25) is 4.99 Å². The summed E-state index contributed by atoms with van der Waals surface area (Å²) in [6.07, 6.45) is 1.78. The fourth-order valence-corrected chi connectivity index (χ4v) is 3.66. The van der Waals surface area contributed by atoms with Crippen molar-refractivity contribution in [2.45, 2.75) is 20.5 Å². The normalized spacial score (nSPS) is 11.1. The van der Waals surface area contributed by atoms with Crippen LogP contribution in [0.15, 0.2) is 59.6 Å². The van der Waals surface area contributed by atoms with Crippen LogP contribution >= 0.6 is 34.2 Å². The molecule has 0 N–H and O–H groups in total. The molecule has 0 bridgehead atoms. The minimum Gasteiger partial charge on any atom is -0.490 e. The molecule has 0 saturated carbocycles. The summed E-state index contributed by atoms with van der Waals surface area (Å²) in [6.45, 7) is 4.66. The van der Waals surface area contributed by atoms with E-state index < -0.39 is 0 Å². The summed E-state index contributed by atoms with van der Waals surface area (Å²) < 4.78 is 26.0. The van der Waals surface area contributed by atoms with Crippen molar-refractivity contribution in [2.75, 3.05) is 6.61 Å². The van der Waals surface area contributed by atoms with Crippen LogP contribution in [-0.4, -0.2) is 12.8 Å². The molecule has 0 saturated heterocycles. The highest BCUT2D eigenvalue weighted by atomic mass is 127. The molecule has 0 unspecified atom stereocenters. The van der Waals surface area contributed by atoms with Crippen LogP contribution in [-0.2, 0) is 6.61 Å². The average molecular weight is 524 g/mol. The number of hydrogen-bond acceptors (Lipinski definition) is 3. The summed E-state index contributed by atoms with van der Waals surface area (Å²) in [6, 6.07) is 15.8. The van der Waals surface area contributed by atoms with Gasteiger partial charge in [0.2, 0.25) is 0 Å². The van der Waals surface area contributed by atoms with Gasteiger partial charge in [0, 0.05) is 11.2 Å². The molecule has 0 heterocycles. The second-order valence-corrected chi connectivity index (χ2v) is 7.97. The molecule has 0 aliphatic rings. The lowest BCUT2D eigenvalue weighted by atomic mass is 10.2. The predicted molar refractivity (Wildman–Crippen MR) is 125 cm³/mol. The Balaban J connectivity index is 1.85. The van der Waals surface area contributed by atoms with E-state index in [1.165, 1.54) is 12.1 Å². The molecule has 0 aliphatic heterocycles. The molecule has 3 nitrogen and oxygen atoms in total. The van der Waals surface area contributed by atoms with E-state index in [4.69, 9.17) is 21.1 Å². The maximum atomic E-state index is 13.4. The van der Waals surface area contributed by atoms with Crippen molar-refractivity contribution in [2.24, 2.45) is 4.99 Å². The average Bonchev–Trinajstić information content (AvgIpc) is 2.68. The van der Waals surface area contributed by atoms with Crippen molar-refractivity contribution in [3.8, 4) is 11.5 Å². The first-order chi connectivity index (χ1) is 14.0. The van der Waals surface area contributed by atoms with E-state index in [1.54, 1.807) is 12.3 Å². The van der Waals surface area contributed by atoms with Crippen molar-refractivity contribution in [1.29, 1.82) is 0 Å². The Morgan fingerprint density at radius 1 is 1.10 bits per heavy atom. The fraction of sp³-hybridized carbons (Fsp3) is 0.174. The Morgan fingerprint density at radius 2 is 1.93 bits per heavy atom. The van der Waals surface area contributed by atoms with Gasteiger partial charge in [-0.2, -0.15) is 0 Å². The first-order valence-electron chi connectivity index (χ1n) is 9.10. The van der Waals surface area contributed by atoms with E-state index in [0.717, 1.165) is 25.9 Å². The number of aliphatic imine (C=N–C) groups is 1. The molecule has 6 heteroatoms. The van der Waals surface area contributed by atoms with Crippen molar-refractivity contribution >= 4 is 46.1 Å². The van der Waals surface area contributed by atoms with Crippen LogP contribution in [0.2, 0.25) is 5.02 Å². The molecule has 0 aliphatic carbocycles. The van der Waals surface area contributed by atoms with Gasteiger partial charge in [-0.05, 0) is 89.5 Å². The summed E-state index contributed by atoms with van der Waals surface area (Å²) >= 11 is 8.28. The SMILES string of the molecule is CCOc1cc(C=Nc2cc(Cl)ccc2C)cc(I)c1OCc1cccc(F)c1. The van der Waals surface area contributed by atoms with Crippen molar-refractivity contribution in [1.82, 2.24) is 0 Å². The summed E-state index contributed by atoms with van der Waals surface area (Å²) in [4.78, 5) is 4.56. The van der Waals surface area contributed by atoms with Crippen LogP contribution in [0.1, 0.15) is 23.6 Å². The third-order valence-corrected chi connectivity index (χ3v) is 5.16. The van der Waals surface area contributed by atoms with E-state index in [9.17, 15) is 4.39 Å². The molecule has 3 aromatic carbocycles. The Bertz CT molecular complexity index is 1040. The monoisotopic (exact) mass is 523 g/mol. The highest BCUT2D eigenvalue weighted by Gasteiger charge is 2.12. The second kappa shape index (κ2) is 10.1. The zero-order chi connectivity index (χ0) is 20.8. The summed E-state index contributed by atoms with van der Waals surface area (Å²) in [7, 11) is 0. The fourth-order valence-electron chi connectivity index (χ4n) is 2.71.